The van der Waals surface area contributed by atoms with Gasteiger partial charge in [-0.15, -0.1) is 0 Å². The van der Waals surface area contributed by atoms with Crippen molar-refractivity contribution in [3.63, 3.8) is 0 Å². The van der Waals surface area contributed by atoms with Crippen molar-refractivity contribution in [1.29, 1.82) is 0 Å². The highest BCUT2D eigenvalue weighted by atomic mass is 16.5. The fourth-order valence-corrected chi connectivity index (χ4v) is 1.20. The Hall–Kier alpha value is -1.62. The lowest BCUT2D eigenvalue weighted by Gasteiger charge is -2.17. The van der Waals surface area contributed by atoms with Crippen LogP contribution in [-0.4, -0.2) is 42.9 Å². The summed E-state index contributed by atoms with van der Waals surface area (Å²) in [6, 6.07) is 3.23. The minimum absolute atomic E-state index is 0.196. The molecule has 0 unspecified atom stereocenters. The van der Waals surface area contributed by atoms with Crippen molar-refractivity contribution in [2.24, 2.45) is 0 Å². The third-order valence-electron chi connectivity index (χ3n) is 2.16. The van der Waals surface area contributed by atoms with Crippen LogP contribution in [0.5, 0.6) is 0 Å². The van der Waals surface area contributed by atoms with E-state index < -0.39 is 5.97 Å². The number of nitrogens with zero attached hydrogens (tertiary/aromatic N) is 2. The predicted molar refractivity (Wildman–Crippen MR) is 61.0 cm³/mol. The van der Waals surface area contributed by atoms with Crippen LogP contribution >= 0.6 is 0 Å². The van der Waals surface area contributed by atoms with Gasteiger partial charge in [-0.25, -0.2) is 9.78 Å². The molecule has 1 aromatic rings. The van der Waals surface area contributed by atoms with E-state index in [1.807, 2.05) is 18.9 Å². The molecular weight excluding hydrogens is 208 g/mol. The van der Waals surface area contributed by atoms with Gasteiger partial charge >= 0.3 is 5.97 Å². The molecule has 88 valence electrons. The summed E-state index contributed by atoms with van der Waals surface area (Å²) in [7, 11) is 1.89. The maximum Gasteiger partial charge on any atom is 0.337 e. The molecule has 0 aromatic carbocycles. The van der Waals surface area contributed by atoms with E-state index in [1.54, 1.807) is 12.1 Å². The topological polar surface area (TPSA) is 62.7 Å². The highest BCUT2D eigenvalue weighted by Gasteiger charge is 2.05. The van der Waals surface area contributed by atoms with E-state index in [2.05, 4.69) is 4.98 Å². The van der Waals surface area contributed by atoms with Crippen molar-refractivity contribution < 1.29 is 14.6 Å². The van der Waals surface area contributed by atoms with Crippen molar-refractivity contribution in [2.75, 3.05) is 31.7 Å². The normalized spacial score (nSPS) is 10.1. The molecule has 0 aliphatic heterocycles. The van der Waals surface area contributed by atoms with Crippen molar-refractivity contribution in [2.45, 2.75) is 6.92 Å². The lowest BCUT2D eigenvalue weighted by atomic mass is 10.3. The van der Waals surface area contributed by atoms with E-state index in [0.717, 1.165) is 12.4 Å². The fourth-order valence-electron chi connectivity index (χ4n) is 1.20. The zero-order valence-corrected chi connectivity index (χ0v) is 9.51. The number of carboxylic acid groups (broad SMARTS) is 1. The number of pyridine rings is 1. The molecule has 1 N–H and O–H groups in total. The van der Waals surface area contributed by atoms with Gasteiger partial charge in [0.05, 0.1) is 12.2 Å². The number of aromatic nitrogens is 1. The first kappa shape index (κ1) is 12.4. The number of ether oxygens (including phenoxy) is 1. The second-order valence-corrected chi connectivity index (χ2v) is 3.33. The van der Waals surface area contributed by atoms with Gasteiger partial charge in [0.25, 0.3) is 0 Å². The Morgan fingerprint density at radius 3 is 2.81 bits per heavy atom. The third kappa shape index (κ3) is 3.51. The van der Waals surface area contributed by atoms with Crippen LogP contribution in [0.4, 0.5) is 5.82 Å². The monoisotopic (exact) mass is 224 g/mol. The summed E-state index contributed by atoms with van der Waals surface area (Å²) in [5.74, 6) is -0.222. The van der Waals surface area contributed by atoms with Gasteiger partial charge in [-0.2, -0.15) is 0 Å². The predicted octanol–water partition coefficient (Wildman–Crippen LogP) is 1.25. The number of hydrogen-bond acceptors (Lipinski definition) is 4. The number of carbonyl (C=O) groups is 1. The lowest BCUT2D eigenvalue weighted by Crippen LogP contribution is -2.23. The number of anilines is 1. The molecule has 0 spiro atoms. The molecule has 0 aliphatic rings. The van der Waals surface area contributed by atoms with Crippen molar-refractivity contribution >= 4 is 11.8 Å². The minimum atomic E-state index is -0.962. The van der Waals surface area contributed by atoms with Crippen LogP contribution in [0.3, 0.4) is 0 Å². The van der Waals surface area contributed by atoms with Crippen molar-refractivity contribution in [1.82, 2.24) is 4.98 Å². The van der Waals surface area contributed by atoms with Crippen LogP contribution in [0.1, 0.15) is 17.3 Å². The summed E-state index contributed by atoms with van der Waals surface area (Å²) in [5, 5.41) is 8.71. The Morgan fingerprint density at radius 2 is 2.31 bits per heavy atom. The average Bonchev–Trinajstić information content (AvgIpc) is 2.29. The molecular formula is C11H16N2O3. The maximum atomic E-state index is 10.6. The molecule has 0 saturated carbocycles. The SMILES string of the molecule is CCOCCN(C)c1ccc(C(=O)O)cn1. The Labute approximate surface area is 94.7 Å². The van der Waals surface area contributed by atoms with Crippen molar-refractivity contribution in [3.05, 3.63) is 23.9 Å². The molecule has 0 atom stereocenters. The first-order chi connectivity index (χ1) is 7.65. The number of rotatable bonds is 6. The van der Waals surface area contributed by atoms with Gasteiger partial charge in [0, 0.05) is 26.4 Å². The van der Waals surface area contributed by atoms with E-state index in [-0.39, 0.29) is 5.56 Å². The molecule has 0 fully saturated rings. The Balaban J connectivity index is 2.56. The van der Waals surface area contributed by atoms with Gasteiger partial charge in [-0.3, -0.25) is 0 Å². The summed E-state index contributed by atoms with van der Waals surface area (Å²) in [6.07, 6.45) is 1.36. The highest BCUT2D eigenvalue weighted by molar-refractivity contribution is 5.87. The van der Waals surface area contributed by atoms with Crippen LogP contribution in [0.25, 0.3) is 0 Å². The number of carboxylic acids is 1. The minimum Gasteiger partial charge on any atom is -0.478 e. The van der Waals surface area contributed by atoms with E-state index >= 15 is 0 Å². The molecule has 0 amide bonds. The smallest absolute Gasteiger partial charge is 0.337 e. The molecule has 1 rings (SSSR count). The molecule has 1 heterocycles. The molecule has 0 radical (unpaired) electrons. The van der Waals surface area contributed by atoms with Gasteiger partial charge in [-0.05, 0) is 19.1 Å². The zero-order chi connectivity index (χ0) is 12.0. The van der Waals surface area contributed by atoms with Gasteiger partial charge in [0.1, 0.15) is 5.82 Å². The third-order valence-corrected chi connectivity index (χ3v) is 2.16. The summed E-state index contributed by atoms with van der Waals surface area (Å²) in [5.41, 5.74) is 0.196. The van der Waals surface area contributed by atoms with Gasteiger partial charge < -0.3 is 14.7 Å². The second kappa shape index (κ2) is 6.07. The molecule has 0 saturated heterocycles. The van der Waals surface area contributed by atoms with Crippen LogP contribution in [0.15, 0.2) is 18.3 Å². The standard InChI is InChI=1S/C11H16N2O3/c1-3-16-7-6-13(2)10-5-4-9(8-12-10)11(14)15/h4-5,8H,3,6-7H2,1-2H3,(H,14,15). The van der Waals surface area contributed by atoms with Gasteiger partial charge in [0.2, 0.25) is 0 Å². The fraction of sp³-hybridized carbons (Fsp3) is 0.455. The van der Waals surface area contributed by atoms with E-state index in [1.165, 1.54) is 6.20 Å². The van der Waals surface area contributed by atoms with Crippen LogP contribution in [0.2, 0.25) is 0 Å². The molecule has 5 heteroatoms. The number of aromatic carboxylic acids is 1. The summed E-state index contributed by atoms with van der Waals surface area (Å²) in [4.78, 5) is 16.6. The van der Waals surface area contributed by atoms with Crippen LogP contribution < -0.4 is 4.90 Å². The summed E-state index contributed by atoms with van der Waals surface area (Å²) < 4.78 is 5.22. The van der Waals surface area contributed by atoms with E-state index in [0.29, 0.717) is 13.2 Å². The van der Waals surface area contributed by atoms with E-state index in [4.69, 9.17) is 9.84 Å². The first-order valence-electron chi connectivity index (χ1n) is 5.13. The lowest BCUT2D eigenvalue weighted by molar-refractivity contribution is 0.0696. The molecule has 16 heavy (non-hydrogen) atoms. The average molecular weight is 224 g/mol. The molecule has 0 bridgehead atoms. The number of likely N-dealkylation sites (N-methyl/N-ethyl adjacent to an activating group) is 1. The molecule has 1 aromatic heterocycles. The second-order valence-electron chi connectivity index (χ2n) is 3.33. The molecule has 0 aliphatic carbocycles. The first-order valence-corrected chi connectivity index (χ1v) is 5.13. The largest absolute Gasteiger partial charge is 0.478 e. The Morgan fingerprint density at radius 1 is 1.56 bits per heavy atom. The van der Waals surface area contributed by atoms with Gasteiger partial charge in [0.15, 0.2) is 0 Å². The van der Waals surface area contributed by atoms with Crippen LogP contribution in [0, 0.1) is 0 Å². The van der Waals surface area contributed by atoms with Crippen LogP contribution in [-0.2, 0) is 4.74 Å². The maximum absolute atomic E-state index is 10.6. The summed E-state index contributed by atoms with van der Waals surface area (Å²) >= 11 is 0. The number of hydrogen-bond donors (Lipinski definition) is 1. The highest BCUT2D eigenvalue weighted by Crippen LogP contribution is 2.09. The zero-order valence-electron chi connectivity index (χ0n) is 9.51. The Bertz CT molecular complexity index is 338. The van der Waals surface area contributed by atoms with Crippen molar-refractivity contribution in [3.8, 4) is 0 Å². The van der Waals surface area contributed by atoms with E-state index in [9.17, 15) is 4.79 Å². The Kier molecular flexibility index (Phi) is 4.72. The quantitative estimate of drug-likeness (QED) is 0.737. The molecule has 5 nitrogen and oxygen atoms in total. The summed E-state index contributed by atoms with van der Waals surface area (Å²) in [6.45, 7) is 4.00. The van der Waals surface area contributed by atoms with Gasteiger partial charge in [-0.1, -0.05) is 0 Å².